The second-order valence-corrected chi connectivity index (χ2v) is 6.35. The van der Waals surface area contributed by atoms with E-state index in [-0.39, 0.29) is 11.9 Å². The maximum atomic E-state index is 12.7. The van der Waals surface area contributed by atoms with Crippen molar-refractivity contribution in [3.63, 3.8) is 0 Å². The van der Waals surface area contributed by atoms with Gasteiger partial charge in [0.2, 0.25) is 0 Å². The van der Waals surface area contributed by atoms with Crippen LogP contribution in [0.4, 0.5) is 0 Å². The van der Waals surface area contributed by atoms with E-state index in [2.05, 4.69) is 22.9 Å². The monoisotopic (exact) mass is 324 g/mol. The van der Waals surface area contributed by atoms with Gasteiger partial charge in [-0.3, -0.25) is 4.79 Å². The van der Waals surface area contributed by atoms with Gasteiger partial charge in [0.15, 0.2) is 0 Å². The van der Waals surface area contributed by atoms with Gasteiger partial charge in [0.25, 0.3) is 5.91 Å². The van der Waals surface area contributed by atoms with Crippen LogP contribution in [0.1, 0.15) is 35.7 Å². The van der Waals surface area contributed by atoms with Gasteiger partial charge in [-0.05, 0) is 49.4 Å². The van der Waals surface area contributed by atoms with Crippen LogP contribution >= 0.6 is 15.9 Å². The minimum absolute atomic E-state index is 0.103. The fourth-order valence-electron chi connectivity index (χ4n) is 2.89. The molecule has 1 aromatic rings. The van der Waals surface area contributed by atoms with Crippen molar-refractivity contribution >= 4 is 21.8 Å². The molecule has 1 saturated heterocycles. The molecule has 19 heavy (non-hydrogen) atoms. The predicted octanol–water partition coefficient (Wildman–Crippen LogP) is 2.96. The minimum atomic E-state index is 0.103. The molecular formula is C15H21BrN2O. The van der Waals surface area contributed by atoms with Crippen molar-refractivity contribution in [2.24, 2.45) is 11.7 Å². The molecule has 0 aliphatic carbocycles. The quantitative estimate of drug-likeness (QED) is 0.909. The summed E-state index contributed by atoms with van der Waals surface area (Å²) >= 11 is 3.45. The Morgan fingerprint density at radius 3 is 2.84 bits per heavy atom. The zero-order valence-electron chi connectivity index (χ0n) is 11.5. The van der Waals surface area contributed by atoms with E-state index < -0.39 is 0 Å². The molecule has 2 rings (SSSR count). The molecular weight excluding hydrogens is 304 g/mol. The van der Waals surface area contributed by atoms with E-state index in [1.807, 2.05) is 30.0 Å². The number of benzene rings is 1. The molecule has 2 atom stereocenters. The Morgan fingerprint density at radius 2 is 2.21 bits per heavy atom. The highest BCUT2D eigenvalue weighted by Crippen LogP contribution is 2.25. The van der Waals surface area contributed by atoms with Gasteiger partial charge in [-0.2, -0.15) is 0 Å². The van der Waals surface area contributed by atoms with Crippen LogP contribution in [0.5, 0.6) is 0 Å². The van der Waals surface area contributed by atoms with Crippen molar-refractivity contribution in [3.05, 3.63) is 33.8 Å². The number of aryl methyl sites for hydroxylation is 1. The number of hydrogen-bond donors (Lipinski definition) is 1. The van der Waals surface area contributed by atoms with Crippen LogP contribution in [0.25, 0.3) is 0 Å². The molecule has 1 fully saturated rings. The van der Waals surface area contributed by atoms with Crippen molar-refractivity contribution in [1.82, 2.24) is 4.90 Å². The molecule has 0 bridgehead atoms. The second-order valence-electron chi connectivity index (χ2n) is 5.44. The maximum Gasteiger partial charge on any atom is 0.254 e. The third-order valence-corrected chi connectivity index (χ3v) is 4.36. The topological polar surface area (TPSA) is 46.3 Å². The maximum absolute atomic E-state index is 12.7. The number of nitrogens with two attached hydrogens (primary N) is 1. The molecule has 2 N–H and O–H groups in total. The normalized spacial score (nSPS) is 23.5. The van der Waals surface area contributed by atoms with Gasteiger partial charge in [0, 0.05) is 29.2 Å². The van der Waals surface area contributed by atoms with Gasteiger partial charge < -0.3 is 10.6 Å². The van der Waals surface area contributed by atoms with Crippen LogP contribution in [0.15, 0.2) is 22.7 Å². The highest BCUT2D eigenvalue weighted by Gasteiger charge is 2.31. The fourth-order valence-corrected chi connectivity index (χ4v) is 3.49. The van der Waals surface area contributed by atoms with Crippen LogP contribution in [-0.4, -0.2) is 29.9 Å². The summed E-state index contributed by atoms with van der Waals surface area (Å²) in [6.07, 6.45) is 2.22. The predicted molar refractivity (Wildman–Crippen MR) is 81.2 cm³/mol. The molecule has 2 unspecified atom stereocenters. The van der Waals surface area contributed by atoms with Crippen molar-refractivity contribution < 1.29 is 4.79 Å². The number of piperidine rings is 1. The third-order valence-electron chi connectivity index (χ3n) is 3.91. The summed E-state index contributed by atoms with van der Waals surface area (Å²) in [5.74, 6) is 0.586. The van der Waals surface area contributed by atoms with E-state index in [0.717, 1.165) is 35.0 Å². The summed E-state index contributed by atoms with van der Waals surface area (Å²) in [6, 6.07) is 6.01. The van der Waals surface area contributed by atoms with E-state index in [4.69, 9.17) is 5.73 Å². The van der Waals surface area contributed by atoms with Gasteiger partial charge in [0.1, 0.15) is 0 Å². The molecule has 1 heterocycles. The minimum Gasteiger partial charge on any atom is -0.334 e. The van der Waals surface area contributed by atoms with Crippen molar-refractivity contribution in [3.8, 4) is 0 Å². The van der Waals surface area contributed by atoms with Gasteiger partial charge >= 0.3 is 0 Å². The number of likely N-dealkylation sites (tertiary alicyclic amines) is 1. The summed E-state index contributed by atoms with van der Waals surface area (Å²) < 4.78 is 0.949. The van der Waals surface area contributed by atoms with Crippen LogP contribution < -0.4 is 5.73 Å². The van der Waals surface area contributed by atoms with Gasteiger partial charge in [-0.15, -0.1) is 0 Å². The summed E-state index contributed by atoms with van der Waals surface area (Å²) in [5.41, 5.74) is 7.70. The first-order valence-electron chi connectivity index (χ1n) is 6.81. The lowest BCUT2D eigenvalue weighted by molar-refractivity contribution is 0.0532. The average molecular weight is 325 g/mol. The summed E-state index contributed by atoms with van der Waals surface area (Å²) in [6.45, 7) is 5.54. The molecule has 0 spiro atoms. The lowest BCUT2D eigenvalue weighted by Gasteiger charge is -2.39. The summed E-state index contributed by atoms with van der Waals surface area (Å²) in [5, 5.41) is 0. The smallest absolute Gasteiger partial charge is 0.254 e. The van der Waals surface area contributed by atoms with E-state index >= 15 is 0 Å². The molecule has 1 amide bonds. The Balaban J connectivity index is 2.26. The lowest BCUT2D eigenvalue weighted by Crippen LogP contribution is -2.51. The SMILES string of the molecule is Cc1cc(Br)cc(C(=O)N2CCCC(C)C2CN)c1. The number of amides is 1. The number of rotatable bonds is 2. The molecule has 104 valence electrons. The van der Waals surface area contributed by atoms with E-state index in [9.17, 15) is 4.79 Å². The zero-order valence-corrected chi connectivity index (χ0v) is 13.1. The Labute approximate surface area is 123 Å². The Kier molecular flexibility index (Phi) is 4.63. The zero-order chi connectivity index (χ0) is 14.0. The Hall–Kier alpha value is -0.870. The van der Waals surface area contributed by atoms with Gasteiger partial charge in [-0.1, -0.05) is 22.9 Å². The first-order valence-corrected chi connectivity index (χ1v) is 7.60. The Bertz CT molecular complexity index is 455. The first-order chi connectivity index (χ1) is 9.02. The number of carbonyl (C=O) groups is 1. The standard InChI is InChI=1S/C15H21BrN2O/c1-10-6-12(8-13(16)7-10)15(19)18-5-3-4-11(2)14(18)9-17/h6-8,11,14H,3-5,9,17H2,1-2H3. The highest BCUT2D eigenvalue weighted by atomic mass is 79.9. The largest absolute Gasteiger partial charge is 0.334 e. The van der Waals surface area contributed by atoms with Crippen LogP contribution in [-0.2, 0) is 0 Å². The number of nitrogens with zero attached hydrogens (tertiary/aromatic N) is 1. The van der Waals surface area contributed by atoms with Crippen molar-refractivity contribution in [2.45, 2.75) is 32.7 Å². The van der Waals surface area contributed by atoms with E-state index in [0.29, 0.717) is 12.5 Å². The third kappa shape index (κ3) is 3.18. The molecule has 0 radical (unpaired) electrons. The fraction of sp³-hybridized carbons (Fsp3) is 0.533. The summed E-state index contributed by atoms with van der Waals surface area (Å²) in [7, 11) is 0. The first kappa shape index (κ1) is 14.5. The van der Waals surface area contributed by atoms with Gasteiger partial charge in [-0.25, -0.2) is 0 Å². The number of hydrogen-bond acceptors (Lipinski definition) is 2. The molecule has 3 nitrogen and oxygen atoms in total. The second kappa shape index (κ2) is 6.06. The van der Waals surface area contributed by atoms with Crippen LogP contribution in [0.2, 0.25) is 0 Å². The number of halogens is 1. The average Bonchev–Trinajstić information content (AvgIpc) is 2.36. The molecule has 1 aliphatic heterocycles. The molecule has 4 heteroatoms. The van der Waals surface area contributed by atoms with Crippen LogP contribution in [0, 0.1) is 12.8 Å². The van der Waals surface area contributed by atoms with E-state index in [1.54, 1.807) is 0 Å². The molecule has 0 aromatic heterocycles. The van der Waals surface area contributed by atoms with Crippen molar-refractivity contribution in [1.29, 1.82) is 0 Å². The molecule has 1 aromatic carbocycles. The Morgan fingerprint density at radius 1 is 1.47 bits per heavy atom. The molecule has 0 saturated carbocycles. The highest BCUT2D eigenvalue weighted by molar-refractivity contribution is 9.10. The lowest BCUT2D eigenvalue weighted by atomic mass is 9.90. The molecule has 1 aliphatic rings. The van der Waals surface area contributed by atoms with E-state index in [1.165, 1.54) is 0 Å². The van der Waals surface area contributed by atoms with Gasteiger partial charge in [0.05, 0.1) is 0 Å². The van der Waals surface area contributed by atoms with Crippen LogP contribution in [0.3, 0.4) is 0 Å². The summed E-state index contributed by atoms with van der Waals surface area (Å²) in [4.78, 5) is 14.6. The number of carbonyl (C=O) groups excluding carboxylic acids is 1. The van der Waals surface area contributed by atoms with Crippen molar-refractivity contribution in [2.75, 3.05) is 13.1 Å².